The van der Waals surface area contributed by atoms with Gasteiger partial charge in [0, 0.05) is 0 Å². The molecule has 0 bridgehead atoms. The molecule has 0 saturated heterocycles. The Labute approximate surface area is 49.7 Å². The van der Waals surface area contributed by atoms with E-state index in [2.05, 4.69) is 12.2 Å². The van der Waals surface area contributed by atoms with Crippen molar-refractivity contribution in [2.75, 3.05) is 0 Å². The molecule has 0 unspecified atom stereocenters. The van der Waals surface area contributed by atoms with Crippen LogP contribution in [0.5, 0.6) is 0 Å². The molecular weight excluding hydrogens is 153 g/mol. The topological polar surface area (TPSA) is 63.0 Å². The summed E-state index contributed by atoms with van der Waals surface area (Å²) in [5.41, 5.74) is 0. The van der Waals surface area contributed by atoms with Crippen LogP contribution in [0.1, 0.15) is 0 Å². The Balaban J connectivity index is 0. The second kappa shape index (κ2) is 6.20. The third-order valence-corrected chi connectivity index (χ3v) is 2.89. The average molecular weight is 163 g/mol. The fraction of sp³-hybridized carbons (Fsp3) is 0.500. The number of allylic oxidation sites excluding steroid dienone is 2. The van der Waals surface area contributed by atoms with Crippen LogP contribution >= 0.6 is 0 Å². The summed E-state index contributed by atoms with van der Waals surface area (Å²) in [5, 5.41) is 2.89. The summed E-state index contributed by atoms with van der Waals surface area (Å²) in [4.78, 5) is 0. The molecule has 1 aliphatic heterocycles. The number of rotatable bonds is 0. The Kier molecular flexibility index (Phi) is 9.07. The minimum absolute atomic E-state index is 0. The molecule has 4 N–H and O–H groups in total. The van der Waals surface area contributed by atoms with Gasteiger partial charge in [-0.15, -0.1) is 0 Å². The quantitative estimate of drug-likeness (QED) is 0.339. The summed E-state index contributed by atoms with van der Waals surface area (Å²) in [6, 6.07) is 0. The second-order valence-corrected chi connectivity index (χ2v) is 3.89. The Morgan fingerprint density at radius 1 is 1.00 bits per heavy atom. The molecule has 0 aliphatic carbocycles. The van der Waals surface area contributed by atoms with Crippen molar-refractivity contribution in [2.24, 2.45) is 0 Å². The van der Waals surface area contributed by atoms with E-state index >= 15 is 0 Å². The van der Waals surface area contributed by atoms with Crippen molar-refractivity contribution in [3.8, 4) is 0 Å². The Morgan fingerprint density at radius 2 is 1.43 bits per heavy atom. The second-order valence-electron chi connectivity index (χ2n) is 1.13. The molecule has 0 spiro atoms. The zero-order valence-electron chi connectivity index (χ0n) is 4.07. The van der Waals surface area contributed by atoms with Gasteiger partial charge in [-0.25, -0.2) is 0 Å². The van der Waals surface area contributed by atoms with E-state index in [1.54, 1.807) is 0 Å². The molecule has 0 aromatic heterocycles. The minimum atomic E-state index is 0. The molecule has 2 radical (unpaired) electrons. The van der Waals surface area contributed by atoms with Crippen LogP contribution in [0.25, 0.3) is 0 Å². The van der Waals surface area contributed by atoms with Gasteiger partial charge < -0.3 is 11.0 Å². The summed E-state index contributed by atoms with van der Waals surface area (Å²) in [7, 11) is 0. The van der Waals surface area contributed by atoms with Crippen LogP contribution in [0.3, 0.4) is 0 Å². The summed E-state index contributed by atoms with van der Waals surface area (Å²) in [5.74, 6) is 0. The maximum Gasteiger partial charge on any atom is -0.412 e. The molecule has 42 valence electrons. The summed E-state index contributed by atoms with van der Waals surface area (Å²) < 4.78 is 0. The third kappa shape index (κ3) is 4.05. The molecule has 0 aromatic carbocycles. The zero-order chi connectivity index (χ0) is 3.54. The van der Waals surface area contributed by atoms with E-state index in [0.29, 0.717) is 15.4 Å². The Hall–Kier alpha value is 0.203. The van der Waals surface area contributed by atoms with Crippen molar-refractivity contribution in [1.29, 1.82) is 0 Å². The smallest absolute Gasteiger partial charge is 0.412 e. The van der Waals surface area contributed by atoms with Gasteiger partial charge in [0.2, 0.25) is 0 Å². The molecule has 2 nitrogen and oxygen atoms in total. The molecule has 1 aliphatic rings. The standard InChI is InChI=1S/C4H6Ge.2H2O/c1-2-4-5-3-1;;/h1-2H,3-4H2;2*1H2. The normalized spacial score (nSPS) is 14.9. The van der Waals surface area contributed by atoms with E-state index in [4.69, 9.17) is 0 Å². The van der Waals surface area contributed by atoms with Crippen molar-refractivity contribution in [1.82, 2.24) is 0 Å². The summed E-state index contributed by atoms with van der Waals surface area (Å²) in [6.07, 6.45) is 4.58. The van der Waals surface area contributed by atoms with Crippen molar-refractivity contribution >= 4 is 15.4 Å². The number of hydrogen-bond donors (Lipinski definition) is 0. The average Bonchev–Trinajstić information content (AvgIpc) is 1.76. The van der Waals surface area contributed by atoms with Gasteiger partial charge in [0.25, 0.3) is 0 Å². The van der Waals surface area contributed by atoms with Crippen LogP contribution in [-0.4, -0.2) is 26.4 Å². The van der Waals surface area contributed by atoms with Gasteiger partial charge in [-0.1, -0.05) is 0 Å². The van der Waals surface area contributed by atoms with Gasteiger partial charge in [0.05, 0.1) is 0 Å². The monoisotopic (exact) mass is 164 g/mol. The van der Waals surface area contributed by atoms with E-state index in [0.717, 1.165) is 0 Å². The predicted molar refractivity (Wildman–Crippen MR) is 31.7 cm³/mol. The molecule has 0 fully saturated rings. The zero-order valence-corrected chi connectivity index (χ0v) is 6.17. The Bertz CT molecular complexity index is 47.7. The molecule has 0 aromatic rings. The molecule has 0 atom stereocenters. The molecule has 0 amide bonds. The van der Waals surface area contributed by atoms with Crippen LogP contribution in [0.4, 0.5) is 0 Å². The third-order valence-electron chi connectivity index (χ3n) is 0.691. The minimum Gasteiger partial charge on any atom is -0.412 e. The van der Waals surface area contributed by atoms with Gasteiger partial charge in [0.1, 0.15) is 0 Å². The first-order chi connectivity index (χ1) is 2.50. The van der Waals surface area contributed by atoms with Crippen molar-refractivity contribution in [3.63, 3.8) is 0 Å². The van der Waals surface area contributed by atoms with Gasteiger partial charge >= 0.3 is 38.1 Å². The maximum atomic E-state index is 2.29. The van der Waals surface area contributed by atoms with E-state index < -0.39 is 0 Å². The predicted octanol–water partition coefficient (Wildman–Crippen LogP) is -0.552. The first-order valence-corrected chi connectivity index (χ1v) is 4.82. The van der Waals surface area contributed by atoms with Gasteiger partial charge in [0.15, 0.2) is 0 Å². The van der Waals surface area contributed by atoms with Gasteiger partial charge in [-0.05, 0) is 0 Å². The largest absolute Gasteiger partial charge is 0.412 e. The Morgan fingerprint density at radius 3 is 1.57 bits per heavy atom. The summed E-state index contributed by atoms with van der Waals surface area (Å²) >= 11 is 0.528. The van der Waals surface area contributed by atoms with Crippen LogP contribution < -0.4 is 0 Å². The first-order valence-electron chi connectivity index (χ1n) is 1.86. The fourth-order valence-corrected chi connectivity index (χ4v) is 2.17. The SMILES string of the molecule is C1=C[CH2][Ge][CH2]1.O.O. The van der Waals surface area contributed by atoms with Gasteiger partial charge in [-0.2, -0.15) is 0 Å². The van der Waals surface area contributed by atoms with Crippen LogP contribution in [0, 0.1) is 0 Å². The van der Waals surface area contributed by atoms with E-state index in [-0.39, 0.29) is 11.0 Å². The maximum absolute atomic E-state index is 2.29. The van der Waals surface area contributed by atoms with E-state index in [1.807, 2.05) is 0 Å². The van der Waals surface area contributed by atoms with Crippen LogP contribution in [0.15, 0.2) is 12.2 Å². The van der Waals surface area contributed by atoms with Crippen LogP contribution in [-0.2, 0) is 0 Å². The summed E-state index contributed by atoms with van der Waals surface area (Å²) in [6.45, 7) is 0. The molecule has 1 rings (SSSR count). The van der Waals surface area contributed by atoms with Crippen molar-refractivity contribution in [3.05, 3.63) is 12.2 Å². The first kappa shape index (κ1) is 10.2. The molecular formula is C4H10GeO2. The molecule has 1 heterocycles. The molecule has 0 saturated carbocycles. The molecule has 3 heteroatoms. The van der Waals surface area contributed by atoms with E-state index in [9.17, 15) is 0 Å². The molecule has 7 heavy (non-hydrogen) atoms. The van der Waals surface area contributed by atoms with Gasteiger partial charge in [-0.3, -0.25) is 0 Å². The van der Waals surface area contributed by atoms with E-state index in [1.165, 1.54) is 10.5 Å². The fourth-order valence-electron chi connectivity index (χ4n) is 0.417. The van der Waals surface area contributed by atoms with Crippen LogP contribution in [0.2, 0.25) is 10.5 Å². The number of hydrogen-bond acceptors (Lipinski definition) is 0. The van der Waals surface area contributed by atoms with Crippen molar-refractivity contribution < 1.29 is 11.0 Å². The van der Waals surface area contributed by atoms with Crippen molar-refractivity contribution in [2.45, 2.75) is 10.5 Å².